The van der Waals surface area contributed by atoms with Crippen LogP contribution in [0.1, 0.15) is 350 Å². The van der Waals surface area contributed by atoms with Crippen molar-refractivity contribution in [1.82, 2.24) is 0 Å². The first-order chi connectivity index (χ1) is 42.4. The molecule has 5 atom stereocenters. The maximum absolute atomic E-state index is 13.0. The number of esters is 4. The molecule has 0 fully saturated rings. The van der Waals surface area contributed by atoms with Crippen LogP contribution in [0.25, 0.3) is 0 Å². The summed E-state index contributed by atoms with van der Waals surface area (Å²) in [5.74, 6) is -0.560. The second-order valence-corrected chi connectivity index (χ2v) is 28.8. The van der Waals surface area contributed by atoms with Gasteiger partial charge in [-0.25, -0.2) is 9.13 Å². The van der Waals surface area contributed by atoms with Gasteiger partial charge in [-0.1, -0.05) is 298 Å². The Morgan fingerprint density at radius 3 is 0.773 bits per heavy atom. The van der Waals surface area contributed by atoms with Gasteiger partial charge in [-0.05, 0) is 37.5 Å². The summed E-state index contributed by atoms with van der Waals surface area (Å²) in [5, 5.41) is 10.5. The number of aliphatic hydroxyl groups is 1. The number of carbonyl (C=O) groups is 4. The van der Waals surface area contributed by atoms with Crippen molar-refractivity contribution in [2.75, 3.05) is 39.6 Å². The fourth-order valence-electron chi connectivity index (χ4n) is 10.4. The highest BCUT2D eigenvalue weighted by atomic mass is 31.2. The summed E-state index contributed by atoms with van der Waals surface area (Å²) >= 11 is 0. The highest BCUT2D eigenvalue weighted by Gasteiger charge is 2.30. The number of aliphatic hydroxyl groups excluding tert-OH is 1. The van der Waals surface area contributed by atoms with E-state index in [0.29, 0.717) is 25.7 Å². The first-order valence-electron chi connectivity index (χ1n) is 36.0. The number of unbranched alkanes of at least 4 members (excludes halogenated alkanes) is 38. The minimum absolute atomic E-state index is 0.105. The van der Waals surface area contributed by atoms with Gasteiger partial charge in [0.25, 0.3) is 0 Å². The molecular weight excluding hydrogens is 1160 g/mol. The second kappa shape index (κ2) is 61.3. The van der Waals surface area contributed by atoms with Crippen LogP contribution < -0.4 is 0 Å². The zero-order chi connectivity index (χ0) is 65.0. The van der Waals surface area contributed by atoms with Crippen molar-refractivity contribution in [2.24, 2.45) is 11.8 Å². The minimum atomic E-state index is -4.95. The number of hydrogen-bond donors (Lipinski definition) is 3. The van der Waals surface area contributed by atoms with Crippen LogP contribution in [0.2, 0.25) is 0 Å². The Morgan fingerprint density at radius 2 is 0.523 bits per heavy atom. The van der Waals surface area contributed by atoms with Gasteiger partial charge in [0, 0.05) is 25.7 Å². The molecule has 0 spiro atoms. The third kappa shape index (κ3) is 62.8. The van der Waals surface area contributed by atoms with E-state index in [0.717, 1.165) is 108 Å². The molecule has 0 heterocycles. The van der Waals surface area contributed by atoms with Crippen molar-refractivity contribution in [3.8, 4) is 0 Å². The Labute approximate surface area is 537 Å². The number of phosphoric ester groups is 2. The molecule has 0 aromatic carbocycles. The van der Waals surface area contributed by atoms with E-state index in [2.05, 4.69) is 41.5 Å². The summed E-state index contributed by atoms with van der Waals surface area (Å²) in [6.45, 7) is 9.46. The average molecular weight is 1300 g/mol. The summed E-state index contributed by atoms with van der Waals surface area (Å²) in [6, 6.07) is 0. The second-order valence-electron chi connectivity index (χ2n) is 25.9. The van der Waals surface area contributed by atoms with Crippen LogP contribution in [0.5, 0.6) is 0 Å². The normalized spacial score (nSPS) is 14.2. The van der Waals surface area contributed by atoms with Crippen molar-refractivity contribution >= 4 is 39.5 Å². The van der Waals surface area contributed by atoms with Crippen molar-refractivity contribution in [2.45, 2.75) is 368 Å². The van der Waals surface area contributed by atoms with Gasteiger partial charge in [0.15, 0.2) is 12.2 Å². The van der Waals surface area contributed by atoms with Crippen LogP contribution in [-0.2, 0) is 65.4 Å². The Morgan fingerprint density at radius 1 is 0.307 bits per heavy atom. The van der Waals surface area contributed by atoms with Crippen LogP contribution >= 0.6 is 15.6 Å². The fourth-order valence-corrected chi connectivity index (χ4v) is 12.0. The van der Waals surface area contributed by atoms with E-state index in [4.69, 9.17) is 37.0 Å². The van der Waals surface area contributed by atoms with Gasteiger partial charge in [0.05, 0.1) is 26.4 Å². The van der Waals surface area contributed by atoms with E-state index in [1.165, 1.54) is 161 Å². The zero-order valence-electron chi connectivity index (χ0n) is 57.0. The molecule has 0 aromatic heterocycles. The van der Waals surface area contributed by atoms with Gasteiger partial charge in [-0.3, -0.25) is 37.3 Å². The van der Waals surface area contributed by atoms with E-state index in [1.54, 1.807) is 0 Å². The van der Waals surface area contributed by atoms with Crippen LogP contribution in [0.15, 0.2) is 0 Å². The Balaban J connectivity index is 5.10. The van der Waals surface area contributed by atoms with Crippen molar-refractivity contribution in [3.05, 3.63) is 0 Å². The molecule has 88 heavy (non-hydrogen) atoms. The topological polar surface area (TPSA) is 237 Å². The van der Waals surface area contributed by atoms with Crippen molar-refractivity contribution < 1.29 is 80.2 Å². The third-order valence-corrected chi connectivity index (χ3v) is 17.9. The number of carbonyl (C=O) groups excluding carboxylic acids is 4. The van der Waals surface area contributed by atoms with Crippen molar-refractivity contribution in [1.29, 1.82) is 0 Å². The maximum Gasteiger partial charge on any atom is 0.472 e. The minimum Gasteiger partial charge on any atom is -0.462 e. The van der Waals surface area contributed by atoms with E-state index in [1.807, 2.05) is 0 Å². The molecule has 3 N–H and O–H groups in total. The van der Waals surface area contributed by atoms with Gasteiger partial charge >= 0.3 is 39.5 Å². The number of hydrogen-bond acceptors (Lipinski definition) is 15. The molecule has 17 nitrogen and oxygen atoms in total. The predicted octanol–water partition coefficient (Wildman–Crippen LogP) is 19.6. The predicted molar refractivity (Wildman–Crippen MR) is 354 cm³/mol. The van der Waals surface area contributed by atoms with E-state index in [9.17, 15) is 43.2 Å². The first kappa shape index (κ1) is 86.1. The molecule has 0 amide bonds. The molecule has 0 bridgehead atoms. The average Bonchev–Trinajstić information content (AvgIpc) is 3.52. The van der Waals surface area contributed by atoms with Gasteiger partial charge in [-0.15, -0.1) is 0 Å². The quantitative estimate of drug-likeness (QED) is 0.0222. The molecule has 0 aromatic rings. The van der Waals surface area contributed by atoms with Crippen LogP contribution in [0.3, 0.4) is 0 Å². The smallest absolute Gasteiger partial charge is 0.462 e. The number of ether oxygens (including phenoxy) is 4. The van der Waals surface area contributed by atoms with Gasteiger partial charge < -0.3 is 33.8 Å². The molecule has 522 valence electrons. The Kier molecular flexibility index (Phi) is 59.9. The molecular formula is C69H134O17P2. The molecule has 0 radical (unpaired) electrons. The largest absolute Gasteiger partial charge is 0.472 e. The van der Waals surface area contributed by atoms with Gasteiger partial charge in [0.2, 0.25) is 0 Å². The van der Waals surface area contributed by atoms with E-state index < -0.39 is 97.5 Å². The lowest BCUT2D eigenvalue weighted by Gasteiger charge is -2.21. The van der Waals surface area contributed by atoms with Crippen LogP contribution in [0.4, 0.5) is 0 Å². The lowest BCUT2D eigenvalue weighted by atomic mass is 10.0. The standard InChI is InChI=1S/C69H134O17P2/c1-7-9-11-13-14-27-35-41-47-53-68(73)85-64(57-79-66(71)51-45-37-12-10-8-2)59-83-87(75,76)81-55-63(70)56-82-88(77,78)84-60-65(58-80-67(72)52-46-40-34-30-26-25-29-33-39-44-50-62(5)6)86-69(74)54-48-42-36-31-24-22-20-18-16-15-17-19-21-23-28-32-38-43-49-61(3)4/h61-65,70H,7-60H2,1-6H3,(H,75,76)(H,77,78)/t63-,64+,65+/m0/s1. The number of phosphoric acid groups is 2. The summed E-state index contributed by atoms with van der Waals surface area (Å²) in [4.78, 5) is 72.1. The molecule has 0 saturated carbocycles. The summed E-state index contributed by atoms with van der Waals surface area (Å²) in [7, 11) is -9.88. The molecule has 0 aliphatic rings. The highest BCUT2D eigenvalue weighted by molar-refractivity contribution is 7.47. The monoisotopic (exact) mass is 1300 g/mol. The van der Waals surface area contributed by atoms with Gasteiger partial charge in [0.1, 0.15) is 19.3 Å². The van der Waals surface area contributed by atoms with E-state index >= 15 is 0 Å². The SMILES string of the molecule is CCCCCCCCCCCC(=O)O[C@H](COC(=O)CCCCCCC)COP(=O)(O)OC[C@H](O)COP(=O)(O)OC[C@@H](COC(=O)CCCCCCCCCCCCC(C)C)OC(=O)CCCCCCCCCCCCCCCCCCCCC(C)C. The molecule has 0 saturated heterocycles. The summed E-state index contributed by atoms with van der Waals surface area (Å²) in [6.07, 6.45) is 46.3. The van der Waals surface area contributed by atoms with Gasteiger partial charge in [-0.2, -0.15) is 0 Å². The number of rotatable bonds is 68. The summed E-state index contributed by atoms with van der Waals surface area (Å²) < 4.78 is 67.9. The maximum atomic E-state index is 13.0. The third-order valence-electron chi connectivity index (χ3n) is 16.0. The molecule has 0 aliphatic carbocycles. The van der Waals surface area contributed by atoms with Crippen molar-refractivity contribution in [3.63, 3.8) is 0 Å². The molecule has 0 aliphatic heterocycles. The Hall–Kier alpha value is -1.94. The summed E-state index contributed by atoms with van der Waals surface area (Å²) in [5.41, 5.74) is 0. The Bertz CT molecular complexity index is 1720. The van der Waals surface area contributed by atoms with Crippen LogP contribution in [0, 0.1) is 11.8 Å². The zero-order valence-corrected chi connectivity index (χ0v) is 58.8. The lowest BCUT2D eigenvalue weighted by molar-refractivity contribution is -0.161. The molecule has 2 unspecified atom stereocenters. The lowest BCUT2D eigenvalue weighted by Crippen LogP contribution is -2.30. The highest BCUT2D eigenvalue weighted by Crippen LogP contribution is 2.45. The molecule has 19 heteroatoms. The van der Waals surface area contributed by atoms with E-state index in [-0.39, 0.29) is 25.7 Å². The first-order valence-corrected chi connectivity index (χ1v) is 39.0. The fraction of sp³-hybridized carbons (Fsp3) is 0.942. The molecule has 0 rings (SSSR count). The van der Waals surface area contributed by atoms with Crippen LogP contribution in [-0.4, -0.2) is 96.7 Å².